The Hall–Kier alpha value is -1.85. The van der Waals surface area contributed by atoms with Gasteiger partial charge in [-0.2, -0.15) is 0 Å². The quantitative estimate of drug-likeness (QED) is 0.751. The summed E-state index contributed by atoms with van der Waals surface area (Å²) in [6.45, 7) is 4.24. The fourth-order valence-corrected chi connectivity index (χ4v) is 1.16. The van der Waals surface area contributed by atoms with Crippen molar-refractivity contribution in [3.63, 3.8) is 0 Å². The highest BCUT2D eigenvalue weighted by atomic mass is 16.5. The molecule has 0 unspecified atom stereocenters. The second-order valence-corrected chi connectivity index (χ2v) is 3.15. The summed E-state index contributed by atoms with van der Waals surface area (Å²) in [6.07, 6.45) is 0. The third-order valence-electron chi connectivity index (χ3n) is 2.00. The van der Waals surface area contributed by atoms with Crippen LogP contribution in [0.4, 0.5) is 5.82 Å². The number of aryl methyl sites for hydroxylation is 1. The number of nitrogens with zero attached hydrogens (tertiary/aromatic N) is 4. The predicted molar refractivity (Wildman–Crippen MR) is 49.5 cm³/mol. The van der Waals surface area contributed by atoms with E-state index in [9.17, 15) is 0 Å². The molecule has 6 heteroatoms. The third-order valence-corrected chi connectivity index (χ3v) is 2.00. The van der Waals surface area contributed by atoms with E-state index in [-0.39, 0.29) is 0 Å². The van der Waals surface area contributed by atoms with E-state index in [0.29, 0.717) is 12.4 Å². The van der Waals surface area contributed by atoms with Crippen LogP contribution in [-0.2, 0) is 6.54 Å². The van der Waals surface area contributed by atoms with E-state index in [2.05, 4.69) is 15.5 Å². The molecule has 0 aliphatic carbocycles. The summed E-state index contributed by atoms with van der Waals surface area (Å²) in [4.78, 5) is 0. The first-order chi connectivity index (χ1) is 6.66. The van der Waals surface area contributed by atoms with Gasteiger partial charge in [-0.25, -0.2) is 4.68 Å². The van der Waals surface area contributed by atoms with Crippen LogP contribution in [0.5, 0.6) is 0 Å². The van der Waals surface area contributed by atoms with Gasteiger partial charge in [0.1, 0.15) is 6.54 Å². The number of hydrogen-bond donors (Lipinski definition) is 1. The van der Waals surface area contributed by atoms with Crippen LogP contribution in [0.2, 0.25) is 0 Å². The summed E-state index contributed by atoms with van der Waals surface area (Å²) in [7, 11) is 0. The molecule has 0 atom stereocenters. The monoisotopic (exact) mass is 193 g/mol. The summed E-state index contributed by atoms with van der Waals surface area (Å²) >= 11 is 0. The number of nitrogen functional groups attached to an aromatic ring is 1. The molecule has 0 fully saturated rings. The maximum absolute atomic E-state index is 5.56. The molecular formula is C8H11N5O. The molecule has 2 heterocycles. The highest BCUT2D eigenvalue weighted by molar-refractivity contribution is 5.31. The molecule has 0 bridgehead atoms. The summed E-state index contributed by atoms with van der Waals surface area (Å²) in [5, 5.41) is 11.4. The molecule has 0 amide bonds. The van der Waals surface area contributed by atoms with E-state index in [0.717, 1.165) is 17.1 Å². The van der Waals surface area contributed by atoms with E-state index >= 15 is 0 Å². The van der Waals surface area contributed by atoms with Gasteiger partial charge in [-0.1, -0.05) is 10.4 Å². The van der Waals surface area contributed by atoms with Crippen molar-refractivity contribution in [3.8, 4) is 0 Å². The lowest BCUT2D eigenvalue weighted by molar-refractivity contribution is 0.365. The standard InChI is InChI=1S/C8H11N5O/c1-5-3-7(14-11-5)4-13-6(2)8(9)10-12-13/h3H,4,9H2,1-2H3. The number of hydrogen-bond acceptors (Lipinski definition) is 5. The van der Waals surface area contributed by atoms with Gasteiger partial charge in [-0.05, 0) is 13.8 Å². The van der Waals surface area contributed by atoms with Crippen molar-refractivity contribution in [1.82, 2.24) is 20.2 Å². The summed E-state index contributed by atoms with van der Waals surface area (Å²) < 4.78 is 6.73. The fraction of sp³-hybridized carbons (Fsp3) is 0.375. The molecular weight excluding hydrogens is 182 g/mol. The van der Waals surface area contributed by atoms with Crippen LogP contribution in [0.3, 0.4) is 0 Å². The first-order valence-electron chi connectivity index (χ1n) is 4.24. The van der Waals surface area contributed by atoms with Crippen molar-refractivity contribution in [1.29, 1.82) is 0 Å². The first-order valence-corrected chi connectivity index (χ1v) is 4.24. The van der Waals surface area contributed by atoms with Crippen LogP contribution in [0.1, 0.15) is 17.1 Å². The van der Waals surface area contributed by atoms with Crippen LogP contribution in [0, 0.1) is 13.8 Å². The lowest BCUT2D eigenvalue weighted by atomic mass is 10.4. The Morgan fingerprint density at radius 2 is 2.29 bits per heavy atom. The second-order valence-electron chi connectivity index (χ2n) is 3.15. The molecule has 0 aliphatic heterocycles. The zero-order valence-electron chi connectivity index (χ0n) is 8.06. The molecule has 14 heavy (non-hydrogen) atoms. The lowest BCUT2D eigenvalue weighted by Gasteiger charge is -1.97. The van der Waals surface area contributed by atoms with Gasteiger partial charge >= 0.3 is 0 Å². The van der Waals surface area contributed by atoms with E-state index in [1.807, 2.05) is 19.9 Å². The SMILES string of the molecule is Cc1cc(Cn2nnc(N)c2C)on1. The van der Waals surface area contributed by atoms with Crippen LogP contribution in [0.15, 0.2) is 10.6 Å². The molecule has 2 aromatic rings. The van der Waals surface area contributed by atoms with Gasteiger partial charge in [0.05, 0.1) is 11.4 Å². The number of anilines is 1. The fourth-order valence-electron chi connectivity index (χ4n) is 1.16. The number of rotatable bonds is 2. The Balaban J connectivity index is 2.22. The Labute approximate surface area is 80.7 Å². The molecule has 0 radical (unpaired) electrons. The zero-order valence-corrected chi connectivity index (χ0v) is 8.06. The summed E-state index contributed by atoms with van der Waals surface area (Å²) in [5.74, 6) is 1.19. The normalized spacial score (nSPS) is 10.7. The van der Waals surface area contributed by atoms with Crippen LogP contribution >= 0.6 is 0 Å². The molecule has 2 rings (SSSR count). The van der Waals surface area contributed by atoms with Gasteiger partial charge < -0.3 is 10.3 Å². The average Bonchev–Trinajstić information content (AvgIpc) is 2.67. The van der Waals surface area contributed by atoms with Crippen molar-refractivity contribution in [3.05, 3.63) is 23.2 Å². The second kappa shape index (κ2) is 3.13. The largest absolute Gasteiger partial charge is 0.381 e. The Bertz CT molecular complexity index is 444. The average molecular weight is 193 g/mol. The van der Waals surface area contributed by atoms with Crippen LogP contribution in [0.25, 0.3) is 0 Å². The minimum atomic E-state index is 0.446. The van der Waals surface area contributed by atoms with Crippen LogP contribution < -0.4 is 5.73 Å². The zero-order chi connectivity index (χ0) is 10.1. The van der Waals surface area contributed by atoms with Gasteiger partial charge in [0.15, 0.2) is 11.6 Å². The molecule has 2 N–H and O–H groups in total. The van der Waals surface area contributed by atoms with Gasteiger partial charge in [0.2, 0.25) is 0 Å². The smallest absolute Gasteiger partial charge is 0.168 e. The Kier molecular flexibility index (Phi) is 1.95. The summed E-state index contributed by atoms with van der Waals surface area (Å²) in [6, 6.07) is 1.86. The number of nitrogens with two attached hydrogens (primary N) is 1. The molecule has 74 valence electrons. The highest BCUT2D eigenvalue weighted by Gasteiger charge is 2.07. The van der Waals surface area contributed by atoms with Crippen LogP contribution in [-0.4, -0.2) is 20.2 Å². The predicted octanol–water partition coefficient (Wildman–Crippen LogP) is 0.513. The van der Waals surface area contributed by atoms with E-state index < -0.39 is 0 Å². The Morgan fingerprint density at radius 3 is 2.79 bits per heavy atom. The van der Waals surface area contributed by atoms with E-state index in [1.54, 1.807) is 4.68 Å². The minimum absolute atomic E-state index is 0.446. The van der Waals surface area contributed by atoms with Gasteiger partial charge in [-0.3, -0.25) is 0 Å². The maximum Gasteiger partial charge on any atom is 0.168 e. The minimum Gasteiger partial charge on any atom is -0.381 e. The van der Waals surface area contributed by atoms with Crippen molar-refractivity contribution in [2.24, 2.45) is 0 Å². The Morgan fingerprint density at radius 1 is 1.50 bits per heavy atom. The lowest BCUT2D eigenvalue weighted by Crippen LogP contribution is -2.03. The van der Waals surface area contributed by atoms with E-state index in [4.69, 9.17) is 10.3 Å². The van der Waals surface area contributed by atoms with Gasteiger partial charge in [-0.15, -0.1) is 5.10 Å². The molecule has 0 saturated carbocycles. The molecule has 0 saturated heterocycles. The first kappa shape index (κ1) is 8.74. The molecule has 2 aromatic heterocycles. The van der Waals surface area contributed by atoms with Crippen molar-refractivity contribution in [2.75, 3.05) is 5.73 Å². The van der Waals surface area contributed by atoms with Gasteiger partial charge in [0.25, 0.3) is 0 Å². The molecule has 6 nitrogen and oxygen atoms in total. The van der Waals surface area contributed by atoms with Crippen molar-refractivity contribution < 1.29 is 4.52 Å². The van der Waals surface area contributed by atoms with E-state index in [1.165, 1.54) is 0 Å². The maximum atomic E-state index is 5.56. The highest BCUT2D eigenvalue weighted by Crippen LogP contribution is 2.09. The van der Waals surface area contributed by atoms with Gasteiger partial charge in [0, 0.05) is 6.07 Å². The summed E-state index contributed by atoms with van der Waals surface area (Å²) in [5.41, 5.74) is 7.24. The molecule has 0 aromatic carbocycles. The molecule has 0 aliphatic rings. The topological polar surface area (TPSA) is 82.8 Å². The third kappa shape index (κ3) is 1.46. The van der Waals surface area contributed by atoms with Crippen molar-refractivity contribution in [2.45, 2.75) is 20.4 Å². The van der Waals surface area contributed by atoms with Crippen molar-refractivity contribution >= 4 is 5.82 Å². The number of aromatic nitrogens is 4. The molecule has 0 spiro atoms.